The van der Waals surface area contributed by atoms with E-state index in [-0.39, 0.29) is 0 Å². The average molecular weight is 285 g/mol. The van der Waals surface area contributed by atoms with Crippen LogP contribution in [0, 0.1) is 5.92 Å². The summed E-state index contributed by atoms with van der Waals surface area (Å²) in [4.78, 5) is 7.17. The summed E-state index contributed by atoms with van der Waals surface area (Å²) in [5, 5.41) is 1.12. The molecule has 104 valence electrons. The van der Waals surface area contributed by atoms with Crippen LogP contribution >= 0.6 is 12.2 Å². The van der Waals surface area contributed by atoms with Gasteiger partial charge in [0.15, 0.2) is 0 Å². The van der Waals surface area contributed by atoms with E-state index in [1.54, 1.807) is 6.20 Å². The lowest BCUT2D eigenvalue weighted by Gasteiger charge is -2.32. The Morgan fingerprint density at radius 2 is 2.15 bits per heavy atom. The number of rotatable bonds is 4. The fourth-order valence-electron chi connectivity index (χ4n) is 2.87. The number of para-hydroxylation sites is 1. The third kappa shape index (κ3) is 2.36. The van der Waals surface area contributed by atoms with Gasteiger partial charge in [0.2, 0.25) is 0 Å². The van der Waals surface area contributed by atoms with Gasteiger partial charge >= 0.3 is 0 Å². The number of aromatic nitrogens is 1. The summed E-state index contributed by atoms with van der Waals surface area (Å²) in [7, 11) is 2.13. The van der Waals surface area contributed by atoms with Crippen molar-refractivity contribution in [1.29, 1.82) is 0 Å². The number of pyridine rings is 1. The predicted octanol–water partition coefficient (Wildman–Crippen LogP) is 3.11. The van der Waals surface area contributed by atoms with Crippen molar-refractivity contribution >= 4 is 33.8 Å². The van der Waals surface area contributed by atoms with Crippen LogP contribution < -0.4 is 10.6 Å². The number of thiocarbonyl (C=S) groups is 1. The Kier molecular flexibility index (Phi) is 3.57. The zero-order valence-electron chi connectivity index (χ0n) is 11.7. The van der Waals surface area contributed by atoms with Gasteiger partial charge in [-0.2, -0.15) is 0 Å². The average Bonchev–Trinajstić information content (AvgIpc) is 2.41. The molecule has 0 saturated heterocycles. The largest absolute Gasteiger partial charge is 0.389 e. The van der Waals surface area contributed by atoms with Gasteiger partial charge in [-0.25, -0.2) is 0 Å². The number of benzene rings is 1. The van der Waals surface area contributed by atoms with Crippen molar-refractivity contribution < 1.29 is 0 Å². The van der Waals surface area contributed by atoms with Crippen molar-refractivity contribution in [2.24, 2.45) is 11.7 Å². The van der Waals surface area contributed by atoms with Crippen molar-refractivity contribution in [3.63, 3.8) is 0 Å². The van der Waals surface area contributed by atoms with E-state index in [1.807, 2.05) is 18.2 Å². The molecule has 1 aromatic carbocycles. The van der Waals surface area contributed by atoms with Crippen molar-refractivity contribution in [2.45, 2.75) is 19.3 Å². The van der Waals surface area contributed by atoms with E-state index in [9.17, 15) is 0 Å². The number of nitrogens with two attached hydrogens (primary N) is 1. The van der Waals surface area contributed by atoms with Crippen LogP contribution in [0.3, 0.4) is 0 Å². The monoisotopic (exact) mass is 285 g/mol. The normalized spacial score (nSPS) is 15.1. The van der Waals surface area contributed by atoms with Gasteiger partial charge in [0.05, 0.1) is 16.8 Å². The maximum atomic E-state index is 5.89. The Balaban J connectivity index is 2.08. The molecule has 1 aromatic heterocycles. The molecule has 0 unspecified atom stereocenters. The molecule has 1 heterocycles. The summed E-state index contributed by atoms with van der Waals surface area (Å²) < 4.78 is 0. The molecule has 0 amide bonds. The van der Waals surface area contributed by atoms with Crippen molar-refractivity contribution in [2.75, 3.05) is 18.5 Å². The quantitative estimate of drug-likeness (QED) is 0.877. The first-order valence-electron chi connectivity index (χ1n) is 7.05. The summed E-state index contributed by atoms with van der Waals surface area (Å²) in [6.07, 6.45) is 5.82. The summed E-state index contributed by atoms with van der Waals surface area (Å²) in [5.74, 6) is 0.797. The van der Waals surface area contributed by atoms with E-state index in [0.717, 1.165) is 34.6 Å². The van der Waals surface area contributed by atoms with Crippen LogP contribution in [0.5, 0.6) is 0 Å². The Bertz CT molecular complexity index is 649. The van der Waals surface area contributed by atoms with Gasteiger partial charge in [0.1, 0.15) is 4.99 Å². The summed E-state index contributed by atoms with van der Waals surface area (Å²) >= 11 is 5.20. The molecule has 4 heteroatoms. The van der Waals surface area contributed by atoms with E-state index in [4.69, 9.17) is 18.0 Å². The molecule has 0 aliphatic heterocycles. The standard InChI is InChI=1S/C16H19N3S/c1-19(10-11-5-4-6-11)15-12-7-2-3-8-14(12)18-9-13(15)16(17)20/h2-3,7-9,11H,4-6,10H2,1H3,(H2,17,20). The van der Waals surface area contributed by atoms with Gasteiger partial charge in [-0.15, -0.1) is 0 Å². The van der Waals surface area contributed by atoms with E-state index >= 15 is 0 Å². The van der Waals surface area contributed by atoms with Crippen LogP contribution in [0.15, 0.2) is 30.5 Å². The lowest BCUT2D eigenvalue weighted by Crippen LogP contribution is -2.31. The van der Waals surface area contributed by atoms with E-state index in [1.165, 1.54) is 19.3 Å². The van der Waals surface area contributed by atoms with Crippen molar-refractivity contribution in [3.8, 4) is 0 Å². The predicted molar refractivity (Wildman–Crippen MR) is 88.2 cm³/mol. The lowest BCUT2D eigenvalue weighted by atomic mass is 9.85. The molecule has 0 spiro atoms. The van der Waals surface area contributed by atoms with Crippen molar-refractivity contribution in [3.05, 3.63) is 36.0 Å². The minimum atomic E-state index is 0.415. The molecule has 2 aromatic rings. The number of nitrogens with zero attached hydrogens (tertiary/aromatic N) is 2. The van der Waals surface area contributed by atoms with E-state index < -0.39 is 0 Å². The zero-order valence-corrected chi connectivity index (χ0v) is 12.5. The van der Waals surface area contributed by atoms with Gasteiger partial charge in [0.25, 0.3) is 0 Å². The van der Waals surface area contributed by atoms with Crippen LogP contribution in [0.1, 0.15) is 24.8 Å². The highest BCUT2D eigenvalue weighted by Gasteiger charge is 2.22. The number of hydrogen-bond acceptors (Lipinski definition) is 3. The minimum absolute atomic E-state index is 0.415. The van der Waals surface area contributed by atoms with Crippen LogP contribution in [0.25, 0.3) is 10.9 Å². The molecule has 1 aliphatic rings. The van der Waals surface area contributed by atoms with Crippen molar-refractivity contribution in [1.82, 2.24) is 4.98 Å². The van der Waals surface area contributed by atoms with Gasteiger partial charge in [-0.05, 0) is 24.8 Å². The molecule has 2 N–H and O–H groups in total. The number of hydrogen-bond donors (Lipinski definition) is 1. The lowest BCUT2D eigenvalue weighted by molar-refractivity contribution is 0.321. The van der Waals surface area contributed by atoms with Crippen LogP contribution in [-0.4, -0.2) is 23.6 Å². The first kappa shape index (κ1) is 13.3. The molecule has 0 bridgehead atoms. The third-order valence-electron chi connectivity index (χ3n) is 4.15. The second kappa shape index (κ2) is 5.37. The molecular weight excluding hydrogens is 266 g/mol. The van der Waals surface area contributed by atoms with E-state index in [0.29, 0.717) is 4.99 Å². The maximum absolute atomic E-state index is 5.89. The Hall–Kier alpha value is -1.68. The molecule has 1 fully saturated rings. The highest BCUT2D eigenvalue weighted by atomic mass is 32.1. The molecule has 0 atom stereocenters. The minimum Gasteiger partial charge on any atom is -0.389 e. The van der Waals surface area contributed by atoms with Gasteiger partial charge < -0.3 is 10.6 Å². The Morgan fingerprint density at radius 1 is 1.40 bits per heavy atom. The molecule has 1 aliphatic carbocycles. The van der Waals surface area contributed by atoms with Gasteiger partial charge in [-0.3, -0.25) is 4.98 Å². The highest BCUT2D eigenvalue weighted by molar-refractivity contribution is 7.80. The first-order valence-corrected chi connectivity index (χ1v) is 7.46. The fourth-order valence-corrected chi connectivity index (χ4v) is 3.02. The van der Waals surface area contributed by atoms with Crippen LogP contribution in [0.4, 0.5) is 5.69 Å². The Morgan fingerprint density at radius 3 is 2.80 bits per heavy atom. The third-order valence-corrected chi connectivity index (χ3v) is 4.37. The summed E-state index contributed by atoms with van der Waals surface area (Å²) in [6.45, 7) is 1.06. The zero-order chi connectivity index (χ0) is 14.1. The van der Waals surface area contributed by atoms with Crippen LogP contribution in [-0.2, 0) is 0 Å². The number of anilines is 1. The summed E-state index contributed by atoms with van der Waals surface area (Å²) in [5.41, 5.74) is 8.87. The highest BCUT2D eigenvalue weighted by Crippen LogP contribution is 2.33. The fraction of sp³-hybridized carbons (Fsp3) is 0.375. The topological polar surface area (TPSA) is 42.1 Å². The summed E-state index contributed by atoms with van der Waals surface area (Å²) in [6, 6.07) is 8.16. The Labute approximate surface area is 124 Å². The SMILES string of the molecule is CN(CC1CCC1)c1c(C(N)=S)cnc2ccccc12. The first-order chi connectivity index (χ1) is 9.66. The second-order valence-corrected chi connectivity index (χ2v) is 6.02. The molecule has 20 heavy (non-hydrogen) atoms. The molecule has 3 nitrogen and oxygen atoms in total. The van der Waals surface area contributed by atoms with Crippen LogP contribution in [0.2, 0.25) is 0 Å². The molecule has 3 rings (SSSR count). The maximum Gasteiger partial charge on any atom is 0.107 e. The second-order valence-electron chi connectivity index (χ2n) is 5.58. The number of fused-ring (bicyclic) bond motifs is 1. The van der Waals surface area contributed by atoms with E-state index in [2.05, 4.69) is 23.0 Å². The molecular formula is C16H19N3S. The van der Waals surface area contributed by atoms with Gasteiger partial charge in [-0.1, -0.05) is 36.8 Å². The molecule has 1 saturated carbocycles. The smallest absolute Gasteiger partial charge is 0.107 e. The molecule has 0 radical (unpaired) electrons. The van der Waals surface area contributed by atoms with Gasteiger partial charge in [0, 0.05) is 25.2 Å².